The predicted octanol–water partition coefficient (Wildman–Crippen LogP) is 3.82. The number of aryl methyl sites for hydroxylation is 1. The molecule has 1 amide bonds. The maximum atomic E-state index is 13.2. The smallest absolute Gasteiger partial charge is 0.241 e. The number of hydrogen-bond acceptors (Lipinski definition) is 4. The lowest BCUT2D eigenvalue weighted by atomic mass is 10.0. The van der Waals surface area contributed by atoms with Gasteiger partial charge in [0.05, 0.1) is 20.8 Å². The van der Waals surface area contributed by atoms with Crippen LogP contribution < -0.4 is 14.4 Å². The van der Waals surface area contributed by atoms with Crippen LogP contribution in [-0.4, -0.2) is 44.7 Å². The number of amides is 1. The molecular weight excluding hydrogens is 352 g/mol. The minimum atomic E-state index is 0.187. The van der Waals surface area contributed by atoms with Gasteiger partial charge in [-0.15, -0.1) is 0 Å². The van der Waals surface area contributed by atoms with E-state index in [0.717, 1.165) is 56.0 Å². The summed E-state index contributed by atoms with van der Waals surface area (Å²) in [6.07, 6.45) is 4.20. The van der Waals surface area contributed by atoms with E-state index in [-0.39, 0.29) is 5.91 Å². The van der Waals surface area contributed by atoms with Crippen molar-refractivity contribution in [3.8, 4) is 11.5 Å². The molecule has 0 radical (unpaired) electrons. The maximum absolute atomic E-state index is 13.2. The Balaban J connectivity index is 1.49. The number of carbonyl (C=O) groups is 1. The van der Waals surface area contributed by atoms with Gasteiger partial charge in [-0.25, -0.2) is 0 Å². The minimum absolute atomic E-state index is 0.187. The van der Waals surface area contributed by atoms with Crippen LogP contribution in [0.2, 0.25) is 0 Å². The second-order valence-electron chi connectivity index (χ2n) is 7.55. The number of ether oxygens (including phenoxy) is 2. The normalized spacial score (nSPS) is 19.4. The number of nitrogens with zero attached hydrogens (tertiary/aromatic N) is 2. The van der Waals surface area contributed by atoms with Crippen molar-refractivity contribution in [1.82, 2.24) is 4.90 Å². The van der Waals surface area contributed by atoms with Crippen molar-refractivity contribution in [1.29, 1.82) is 0 Å². The van der Waals surface area contributed by atoms with Crippen LogP contribution in [-0.2, 0) is 11.2 Å². The molecule has 1 saturated heterocycles. The van der Waals surface area contributed by atoms with Gasteiger partial charge in [-0.1, -0.05) is 12.1 Å². The summed E-state index contributed by atoms with van der Waals surface area (Å²) in [5.74, 6) is 1.91. The molecule has 0 N–H and O–H groups in total. The number of hydrogen-bond donors (Lipinski definition) is 0. The van der Waals surface area contributed by atoms with Gasteiger partial charge in [-0.2, -0.15) is 0 Å². The van der Waals surface area contributed by atoms with Crippen molar-refractivity contribution in [3.05, 3.63) is 53.6 Å². The molecule has 1 fully saturated rings. The van der Waals surface area contributed by atoms with Gasteiger partial charge in [0.15, 0.2) is 0 Å². The summed E-state index contributed by atoms with van der Waals surface area (Å²) in [6, 6.07) is 14.6. The molecule has 2 aromatic rings. The third-order valence-corrected chi connectivity index (χ3v) is 5.91. The van der Waals surface area contributed by atoms with E-state index in [9.17, 15) is 4.79 Å². The van der Waals surface area contributed by atoms with E-state index >= 15 is 0 Å². The average molecular weight is 380 g/mol. The molecule has 148 valence electrons. The van der Waals surface area contributed by atoms with Crippen LogP contribution in [0, 0.1) is 0 Å². The zero-order chi connectivity index (χ0) is 19.5. The van der Waals surface area contributed by atoms with Crippen molar-refractivity contribution < 1.29 is 14.3 Å². The predicted molar refractivity (Wildman–Crippen MR) is 110 cm³/mol. The van der Waals surface area contributed by atoms with Crippen LogP contribution in [0.3, 0.4) is 0 Å². The molecule has 0 bridgehead atoms. The summed E-state index contributed by atoms with van der Waals surface area (Å²) in [6.45, 7) is 2.22. The monoisotopic (exact) mass is 380 g/mol. The standard InChI is InChI=1S/C23H28N2O3/c1-27-19-9-7-17(8-10-19)21-6-4-13-24(21)16-23(26)25-14-3-5-18-15-20(28-2)11-12-22(18)25/h7-12,15,21H,3-6,13-14,16H2,1-2H3/t21-/m0/s1. The highest BCUT2D eigenvalue weighted by atomic mass is 16.5. The van der Waals surface area contributed by atoms with E-state index in [1.54, 1.807) is 14.2 Å². The number of anilines is 1. The zero-order valence-electron chi connectivity index (χ0n) is 16.7. The average Bonchev–Trinajstić information content (AvgIpc) is 3.20. The largest absolute Gasteiger partial charge is 0.497 e. The van der Waals surface area contributed by atoms with Crippen molar-refractivity contribution in [3.63, 3.8) is 0 Å². The Morgan fingerprint density at radius 1 is 1.00 bits per heavy atom. The molecule has 4 rings (SSSR count). The summed E-state index contributed by atoms with van der Waals surface area (Å²) in [5, 5.41) is 0. The molecule has 2 heterocycles. The molecular formula is C23H28N2O3. The van der Waals surface area contributed by atoms with Crippen LogP contribution >= 0.6 is 0 Å². The molecule has 0 aromatic heterocycles. The Labute approximate surface area is 166 Å². The van der Waals surface area contributed by atoms with Crippen LogP contribution in [0.25, 0.3) is 0 Å². The number of fused-ring (bicyclic) bond motifs is 1. The third-order valence-electron chi connectivity index (χ3n) is 5.91. The van der Waals surface area contributed by atoms with Crippen molar-refractivity contribution in [2.75, 3.05) is 38.8 Å². The lowest BCUT2D eigenvalue weighted by Gasteiger charge is -2.32. The molecule has 0 saturated carbocycles. The fourth-order valence-electron chi connectivity index (χ4n) is 4.44. The van der Waals surface area contributed by atoms with Gasteiger partial charge in [0.1, 0.15) is 11.5 Å². The number of carbonyl (C=O) groups excluding carboxylic acids is 1. The van der Waals surface area contributed by atoms with Crippen LogP contribution in [0.5, 0.6) is 11.5 Å². The van der Waals surface area contributed by atoms with Crippen LogP contribution in [0.1, 0.15) is 36.4 Å². The maximum Gasteiger partial charge on any atom is 0.241 e. The fraction of sp³-hybridized carbons (Fsp3) is 0.435. The Morgan fingerprint density at radius 2 is 1.75 bits per heavy atom. The topological polar surface area (TPSA) is 42.0 Å². The van der Waals surface area contributed by atoms with E-state index in [2.05, 4.69) is 23.1 Å². The Morgan fingerprint density at radius 3 is 2.50 bits per heavy atom. The molecule has 28 heavy (non-hydrogen) atoms. The Kier molecular flexibility index (Phi) is 5.53. The molecule has 5 nitrogen and oxygen atoms in total. The van der Waals surface area contributed by atoms with Gasteiger partial charge in [0.25, 0.3) is 0 Å². The first-order chi connectivity index (χ1) is 13.7. The van der Waals surface area contributed by atoms with Crippen molar-refractivity contribution in [2.45, 2.75) is 31.7 Å². The SMILES string of the molecule is COc1ccc([C@@H]2CCCN2CC(=O)N2CCCc3cc(OC)ccc32)cc1. The van der Waals surface area contributed by atoms with Gasteiger partial charge in [-0.05, 0) is 73.7 Å². The Hall–Kier alpha value is -2.53. The second kappa shape index (κ2) is 8.23. The van der Waals surface area contributed by atoms with E-state index in [0.29, 0.717) is 12.6 Å². The number of rotatable bonds is 5. The van der Waals surface area contributed by atoms with Gasteiger partial charge < -0.3 is 14.4 Å². The molecule has 2 aliphatic rings. The highest BCUT2D eigenvalue weighted by Gasteiger charge is 2.30. The lowest BCUT2D eigenvalue weighted by molar-refractivity contribution is -0.120. The van der Waals surface area contributed by atoms with Crippen molar-refractivity contribution in [2.24, 2.45) is 0 Å². The quantitative estimate of drug-likeness (QED) is 0.791. The number of benzene rings is 2. The highest BCUT2D eigenvalue weighted by molar-refractivity contribution is 5.96. The summed E-state index contributed by atoms with van der Waals surface area (Å²) in [5.41, 5.74) is 3.50. The summed E-state index contributed by atoms with van der Waals surface area (Å²) in [4.78, 5) is 17.5. The minimum Gasteiger partial charge on any atom is -0.497 e. The second-order valence-corrected chi connectivity index (χ2v) is 7.55. The Bertz CT molecular complexity index is 834. The van der Waals surface area contributed by atoms with Crippen molar-refractivity contribution >= 4 is 11.6 Å². The summed E-state index contributed by atoms with van der Waals surface area (Å²) < 4.78 is 10.6. The number of methoxy groups -OCH3 is 2. The first-order valence-corrected chi connectivity index (χ1v) is 10.0. The van der Waals surface area contributed by atoms with E-state index < -0.39 is 0 Å². The fourth-order valence-corrected chi connectivity index (χ4v) is 4.44. The molecule has 1 atom stereocenters. The third kappa shape index (κ3) is 3.72. The first kappa shape index (κ1) is 18.8. The van der Waals surface area contributed by atoms with E-state index in [1.807, 2.05) is 29.2 Å². The zero-order valence-corrected chi connectivity index (χ0v) is 16.7. The summed E-state index contributed by atoms with van der Waals surface area (Å²) >= 11 is 0. The molecule has 0 aliphatic carbocycles. The van der Waals surface area contributed by atoms with Gasteiger partial charge in [0, 0.05) is 18.3 Å². The molecule has 0 unspecified atom stereocenters. The molecule has 0 spiro atoms. The van der Waals surface area contributed by atoms with E-state index in [4.69, 9.17) is 9.47 Å². The molecule has 2 aromatic carbocycles. The number of likely N-dealkylation sites (tertiary alicyclic amines) is 1. The van der Waals surface area contributed by atoms with Gasteiger partial charge in [-0.3, -0.25) is 9.69 Å². The van der Waals surface area contributed by atoms with Crippen LogP contribution in [0.15, 0.2) is 42.5 Å². The summed E-state index contributed by atoms with van der Waals surface area (Å²) in [7, 11) is 3.36. The van der Waals surface area contributed by atoms with E-state index in [1.165, 1.54) is 11.1 Å². The first-order valence-electron chi connectivity index (χ1n) is 10.0. The highest BCUT2D eigenvalue weighted by Crippen LogP contribution is 2.34. The van der Waals surface area contributed by atoms with Gasteiger partial charge in [0.2, 0.25) is 5.91 Å². The van der Waals surface area contributed by atoms with Crippen LogP contribution in [0.4, 0.5) is 5.69 Å². The van der Waals surface area contributed by atoms with Gasteiger partial charge >= 0.3 is 0 Å². The lowest BCUT2D eigenvalue weighted by Crippen LogP contribution is -2.42. The molecule has 2 aliphatic heterocycles. The molecule has 5 heteroatoms.